The summed E-state index contributed by atoms with van der Waals surface area (Å²) >= 11 is 2.61. The van der Waals surface area contributed by atoms with E-state index in [-0.39, 0.29) is 11.5 Å². The number of nitrogens with one attached hydrogen (secondary N) is 2. The van der Waals surface area contributed by atoms with Crippen molar-refractivity contribution >= 4 is 40.0 Å². The lowest BCUT2D eigenvalue weighted by Gasteiger charge is -2.16. The van der Waals surface area contributed by atoms with Gasteiger partial charge < -0.3 is 15.2 Å². The smallest absolute Gasteiger partial charge is 0.254 e. The quantitative estimate of drug-likeness (QED) is 0.512. The molecule has 30 heavy (non-hydrogen) atoms. The summed E-state index contributed by atoms with van der Waals surface area (Å²) in [6.07, 6.45) is 1.62. The highest BCUT2D eigenvalue weighted by Crippen LogP contribution is 2.26. The van der Waals surface area contributed by atoms with Crippen LogP contribution in [0.15, 0.2) is 41.0 Å². The molecule has 3 rings (SSSR count). The molecule has 2 amide bonds. The first-order chi connectivity index (χ1) is 14.4. The molecule has 0 spiro atoms. The lowest BCUT2D eigenvalue weighted by atomic mass is 10.2. The second-order valence-electron chi connectivity index (χ2n) is 6.35. The van der Waals surface area contributed by atoms with Gasteiger partial charge in [-0.1, -0.05) is 23.9 Å². The maximum atomic E-state index is 13.9. The number of rotatable bonds is 8. The molecule has 0 unspecified atom stereocenters. The van der Waals surface area contributed by atoms with Crippen molar-refractivity contribution in [2.45, 2.75) is 43.8 Å². The Morgan fingerprint density at radius 3 is 2.70 bits per heavy atom. The van der Waals surface area contributed by atoms with E-state index in [1.165, 1.54) is 41.3 Å². The number of carbonyl (C=O) groups excluding carboxylic acids is 2. The van der Waals surface area contributed by atoms with Gasteiger partial charge in [0.25, 0.3) is 5.91 Å². The number of nitrogens with zero attached hydrogens (tertiary/aromatic N) is 4. The van der Waals surface area contributed by atoms with E-state index in [1.54, 1.807) is 31.5 Å². The van der Waals surface area contributed by atoms with Crippen LogP contribution in [0.4, 0.5) is 9.52 Å². The van der Waals surface area contributed by atoms with E-state index in [2.05, 4.69) is 25.8 Å². The summed E-state index contributed by atoms with van der Waals surface area (Å²) in [4.78, 5) is 28.8. The molecule has 0 bridgehead atoms. The normalized spacial score (nSPS) is 12.9. The maximum absolute atomic E-state index is 13.9. The van der Waals surface area contributed by atoms with E-state index in [9.17, 15) is 14.0 Å². The fourth-order valence-corrected chi connectivity index (χ4v) is 4.14. The summed E-state index contributed by atoms with van der Waals surface area (Å²) in [6.45, 7) is 5.99. The Bertz CT molecular complexity index is 1020. The van der Waals surface area contributed by atoms with Crippen LogP contribution < -0.4 is 10.6 Å². The average Bonchev–Trinajstić information content (AvgIpc) is 3.37. The van der Waals surface area contributed by atoms with Crippen LogP contribution in [0.25, 0.3) is 0 Å². The van der Waals surface area contributed by atoms with Gasteiger partial charge in [-0.3, -0.25) is 9.59 Å². The van der Waals surface area contributed by atoms with Crippen molar-refractivity contribution in [3.05, 3.63) is 53.0 Å². The number of halogens is 1. The van der Waals surface area contributed by atoms with Gasteiger partial charge in [0.15, 0.2) is 16.1 Å². The van der Waals surface area contributed by atoms with Crippen LogP contribution in [0.1, 0.15) is 43.0 Å². The molecule has 2 heterocycles. The summed E-state index contributed by atoms with van der Waals surface area (Å²) < 4.78 is 15.7. The fraction of sp³-hybridized carbons (Fsp3) is 0.316. The van der Waals surface area contributed by atoms with E-state index in [0.717, 1.165) is 0 Å². The highest BCUT2D eigenvalue weighted by atomic mass is 32.2. The molecule has 2 N–H and O–H groups in total. The van der Waals surface area contributed by atoms with Crippen molar-refractivity contribution in [1.82, 2.24) is 25.1 Å². The van der Waals surface area contributed by atoms with Crippen LogP contribution in [-0.4, -0.2) is 36.8 Å². The van der Waals surface area contributed by atoms with Crippen molar-refractivity contribution in [2.75, 3.05) is 5.32 Å². The number of hydrogen-bond donors (Lipinski definition) is 2. The van der Waals surface area contributed by atoms with E-state index >= 15 is 0 Å². The summed E-state index contributed by atoms with van der Waals surface area (Å²) in [6, 6.07) is 5.29. The molecule has 0 saturated carbocycles. The first-order valence-electron chi connectivity index (χ1n) is 9.26. The van der Waals surface area contributed by atoms with Crippen LogP contribution in [-0.2, 0) is 11.3 Å². The third kappa shape index (κ3) is 5.03. The lowest BCUT2D eigenvalue weighted by molar-refractivity contribution is -0.115. The highest BCUT2D eigenvalue weighted by Gasteiger charge is 2.24. The number of thioether (sulfide) groups is 1. The summed E-state index contributed by atoms with van der Waals surface area (Å²) in [5.74, 6) is -0.785. The lowest BCUT2D eigenvalue weighted by Crippen LogP contribution is -2.29. The van der Waals surface area contributed by atoms with E-state index in [1.807, 2.05) is 11.5 Å². The third-order valence-electron chi connectivity index (χ3n) is 4.23. The van der Waals surface area contributed by atoms with Gasteiger partial charge in [-0.15, -0.1) is 21.5 Å². The molecule has 0 aliphatic heterocycles. The molecule has 0 aliphatic rings. The topological polar surface area (TPSA) is 102 Å². The number of carbonyl (C=O) groups is 2. The zero-order valence-corrected chi connectivity index (χ0v) is 18.3. The Morgan fingerprint density at radius 1 is 1.27 bits per heavy atom. The zero-order chi connectivity index (χ0) is 21.7. The highest BCUT2D eigenvalue weighted by molar-refractivity contribution is 8.00. The molecule has 0 saturated heterocycles. The molecular weight excluding hydrogens is 427 g/mol. The predicted molar refractivity (Wildman–Crippen MR) is 114 cm³/mol. The molecule has 8 nitrogen and oxygen atoms in total. The van der Waals surface area contributed by atoms with Crippen LogP contribution in [0.3, 0.4) is 0 Å². The second-order valence-corrected chi connectivity index (χ2v) is 8.55. The van der Waals surface area contributed by atoms with E-state index in [0.29, 0.717) is 22.7 Å². The van der Waals surface area contributed by atoms with Crippen molar-refractivity contribution in [3.63, 3.8) is 0 Å². The number of benzene rings is 1. The van der Waals surface area contributed by atoms with E-state index in [4.69, 9.17) is 0 Å². The molecule has 0 fully saturated rings. The SMILES string of the molecule is CCn1c(S[C@@H](C)C(=O)Nc2nccs2)nnc1[C@@H](C)NC(=O)c1ccccc1F. The van der Waals surface area contributed by atoms with Gasteiger partial charge in [0.05, 0.1) is 16.9 Å². The Kier molecular flexibility index (Phi) is 7.16. The van der Waals surface area contributed by atoms with Crippen molar-refractivity contribution in [2.24, 2.45) is 0 Å². The monoisotopic (exact) mass is 448 g/mol. The molecule has 0 aliphatic carbocycles. The minimum atomic E-state index is -0.588. The molecular formula is C19H21FN6O2S2. The number of amides is 2. The summed E-state index contributed by atoms with van der Waals surface area (Å²) in [5, 5.41) is 16.3. The Hall–Kier alpha value is -2.79. The van der Waals surface area contributed by atoms with E-state index < -0.39 is 23.0 Å². The Labute approximate surface area is 181 Å². The maximum Gasteiger partial charge on any atom is 0.254 e. The Balaban J connectivity index is 1.69. The number of thiazole rings is 1. The molecule has 2 atom stereocenters. The molecule has 2 aromatic heterocycles. The fourth-order valence-electron chi connectivity index (χ4n) is 2.69. The second kappa shape index (κ2) is 9.81. The number of hydrogen-bond acceptors (Lipinski definition) is 7. The molecule has 0 radical (unpaired) electrons. The van der Waals surface area contributed by atoms with Crippen LogP contribution in [0.5, 0.6) is 0 Å². The molecule has 11 heteroatoms. The van der Waals surface area contributed by atoms with Crippen molar-refractivity contribution < 1.29 is 14.0 Å². The van der Waals surface area contributed by atoms with Gasteiger partial charge in [-0.05, 0) is 32.9 Å². The first kappa shape index (κ1) is 21.9. The average molecular weight is 449 g/mol. The number of aromatic nitrogens is 4. The standard InChI is InChI=1S/C19H21FN6O2S2/c1-4-26-15(11(2)22-17(28)13-7-5-6-8-14(13)20)24-25-19(26)30-12(3)16(27)23-18-21-9-10-29-18/h5-12H,4H2,1-3H3,(H,22,28)(H,21,23,27)/t11-,12+/m1/s1. The van der Waals surface area contributed by atoms with Crippen LogP contribution in [0.2, 0.25) is 0 Å². The molecule has 158 valence electrons. The summed E-state index contributed by atoms with van der Waals surface area (Å²) in [7, 11) is 0. The minimum absolute atomic E-state index is 0.0333. The van der Waals surface area contributed by atoms with Gasteiger partial charge >= 0.3 is 0 Å². The molecule has 1 aromatic carbocycles. The first-order valence-corrected chi connectivity index (χ1v) is 11.0. The Morgan fingerprint density at radius 2 is 2.03 bits per heavy atom. The van der Waals surface area contributed by atoms with Gasteiger partial charge in [0, 0.05) is 18.1 Å². The largest absolute Gasteiger partial charge is 0.342 e. The third-order valence-corrected chi connectivity index (χ3v) is 6.00. The van der Waals surface area contributed by atoms with Gasteiger partial charge in [-0.25, -0.2) is 9.37 Å². The van der Waals surface area contributed by atoms with Crippen molar-refractivity contribution in [1.29, 1.82) is 0 Å². The van der Waals surface area contributed by atoms with Crippen molar-refractivity contribution in [3.8, 4) is 0 Å². The number of anilines is 1. The van der Waals surface area contributed by atoms with Gasteiger partial charge in [-0.2, -0.15) is 0 Å². The van der Waals surface area contributed by atoms with Gasteiger partial charge in [0.1, 0.15) is 5.82 Å². The molecule has 3 aromatic rings. The van der Waals surface area contributed by atoms with Gasteiger partial charge in [0.2, 0.25) is 5.91 Å². The minimum Gasteiger partial charge on any atom is -0.342 e. The predicted octanol–water partition coefficient (Wildman–Crippen LogP) is 3.50. The summed E-state index contributed by atoms with van der Waals surface area (Å²) in [5.41, 5.74) is -0.0333. The van der Waals surface area contributed by atoms with Crippen LogP contribution in [0, 0.1) is 5.82 Å². The van der Waals surface area contributed by atoms with Crippen LogP contribution >= 0.6 is 23.1 Å². The zero-order valence-electron chi connectivity index (χ0n) is 16.6.